The molecule has 1 fully saturated rings. The summed E-state index contributed by atoms with van der Waals surface area (Å²) < 4.78 is 35.8. The second-order valence-electron chi connectivity index (χ2n) is 10.9. The van der Waals surface area contributed by atoms with E-state index in [9.17, 15) is 18.0 Å². The first-order valence-corrected chi connectivity index (χ1v) is 16.0. The summed E-state index contributed by atoms with van der Waals surface area (Å²) in [5, 5.41) is 5.14. The predicted molar refractivity (Wildman–Crippen MR) is 165 cm³/mol. The van der Waals surface area contributed by atoms with Crippen LogP contribution in [0.25, 0.3) is 11.1 Å². The van der Waals surface area contributed by atoms with Crippen molar-refractivity contribution in [3.63, 3.8) is 0 Å². The molecule has 1 saturated heterocycles. The average Bonchev–Trinajstić information content (AvgIpc) is 3.59. The van der Waals surface area contributed by atoms with E-state index in [1.807, 2.05) is 19.1 Å². The minimum Gasteiger partial charge on any atom is -0.451 e. The molecule has 0 spiro atoms. The molecule has 3 amide bonds. The molecular weight excluding hydrogens is 582 g/mol. The van der Waals surface area contributed by atoms with E-state index < -0.39 is 21.7 Å². The van der Waals surface area contributed by atoms with E-state index >= 15 is 0 Å². The van der Waals surface area contributed by atoms with Gasteiger partial charge in [0.05, 0.1) is 18.1 Å². The first-order valence-electron chi connectivity index (χ1n) is 14.4. The van der Waals surface area contributed by atoms with E-state index in [1.54, 1.807) is 29.2 Å². The maximum absolute atomic E-state index is 13.0. The van der Waals surface area contributed by atoms with Crippen molar-refractivity contribution in [2.24, 2.45) is 0 Å². The van der Waals surface area contributed by atoms with Crippen molar-refractivity contribution in [3.05, 3.63) is 95.7 Å². The van der Waals surface area contributed by atoms with Crippen molar-refractivity contribution in [2.75, 3.05) is 48.9 Å². The molecule has 228 valence electrons. The topological polar surface area (TPSA) is 134 Å². The number of hydrogen-bond donors (Lipinski definition) is 2. The van der Waals surface area contributed by atoms with Gasteiger partial charge in [-0.3, -0.25) is 4.79 Å². The summed E-state index contributed by atoms with van der Waals surface area (Å²) in [6, 6.07) is 17.5. The van der Waals surface area contributed by atoms with Gasteiger partial charge in [-0.15, -0.1) is 0 Å². The van der Waals surface area contributed by atoms with E-state index in [4.69, 9.17) is 9.15 Å². The standard InChI is InChI=1S/C32H33N5O6S/c1-22-2-8-27(9-3-22)44(40,41)21-34-32(39)35-26-6-4-23(5-7-26)24-16-25-18-37(31(38)29-19-43-20-33-29)11-10-28(25)30(17-24)36-12-14-42-15-13-36/h2-9,16-17,19-20H,10-15,18,21H2,1H3,(H2,34,35,39). The fourth-order valence-corrected chi connectivity index (χ4v) is 6.53. The van der Waals surface area contributed by atoms with Gasteiger partial charge < -0.3 is 29.6 Å². The number of rotatable bonds is 7. The lowest BCUT2D eigenvalue weighted by Crippen LogP contribution is -2.40. The smallest absolute Gasteiger partial charge is 0.320 e. The van der Waals surface area contributed by atoms with Crippen LogP contribution in [0.4, 0.5) is 16.2 Å². The molecule has 12 heteroatoms. The van der Waals surface area contributed by atoms with Crippen LogP contribution < -0.4 is 15.5 Å². The summed E-state index contributed by atoms with van der Waals surface area (Å²) in [6.45, 7) is 5.81. The number of oxazole rings is 1. The van der Waals surface area contributed by atoms with Crippen LogP contribution in [0, 0.1) is 6.92 Å². The summed E-state index contributed by atoms with van der Waals surface area (Å²) in [7, 11) is -3.67. The monoisotopic (exact) mass is 615 g/mol. The number of aromatic nitrogens is 1. The van der Waals surface area contributed by atoms with Gasteiger partial charge >= 0.3 is 6.03 Å². The van der Waals surface area contributed by atoms with Gasteiger partial charge in [-0.25, -0.2) is 18.2 Å². The molecule has 1 aromatic heterocycles. The van der Waals surface area contributed by atoms with Gasteiger partial charge in [0.15, 0.2) is 21.9 Å². The van der Waals surface area contributed by atoms with Gasteiger partial charge in [-0.2, -0.15) is 0 Å². The van der Waals surface area contributed by atoms with Gasteiger partial charge in [0.1, 0.15) is 12.1 Å². The lowest BCUT2D eigenvalue weighted by atomic mass is 9.92. The highest BCUT2D eigenvalue weighted by Gasteiger charge is 2.27. The number of hydrogen-bond acceptors (Lipinski definition) is 8. The summed E-state index contributed by atoms with van der Waals surface area (Å²) in [5.74, 6) is -0.682. The van der Waals surface area contributed by atoms with Crippen LogP contribution in [0.15, 0.2) is 82.6 Å². The highest BCUT2D eigenvalue weighted by molar-refractivity contribution is 7.91. The predicted octanol–water partition coefficient (Wildman–Crippen LogP) is 4.24. The Morgan fingerprint density at radius 1 is 0.955 bits per heavy atom. The van der Waals surface area contributed by atoms with E-state index in [1.165, 1.54) is 30.4 Å². The Labute approximate surface area is 255 Å². The fraction of sp³-hybridized carbons (Fsp3) is 0.281. The summed E-state index contributed by atoms with van der Waals surface area (Å²) in [6.07, 6.45) is 3.35. The normalized spacial score (nSPS) is 15.0. The van der Waals surface area contributed by atoms with E-state index in [2.05, 4.69) is 32.7 Å². The summed E-state index contributed by atoms with van der Waals surface area (Å²) in [5.41, 5.74) is 7.14. The molecule has 0 atom stereocenters. The third-order valence-electron chi connectivity index (χ3n) is 7.88. The van der Waals surface area contributed by atoms with Crippen molar-refractivity contribution in [3.8, 4) is 11.1 Å². The zero-order valence-corrected chi connectivity index (χ0v) is 25.1. The van der Waals surface area contributed by atoms with Crippen molar-refractivity contribution in [2.45, 2.75) is 24.8 Å². The van der Waals surface area contributed by atoms with Crippen LogP contribution in [0.3, 0.4) is 0 Å². The molecule has 2 aliphatic heterocycles. The van der Waals surface area contributed by atoms with Gasteiger partial charge in [-0.05, 0) is 72.0 Å². The molecule has 3 aromatic carbocycles. The number of anilines is 2. The summed E-state index contributed by atoms with van der Waals surface area (Å²) in [4.78, 5) is 33.8. The number of amides is 3. The third-order valence-corrected chi connectivity index (χ3v) is 9.40. The molecule has 11 nitrogen and oxygen atoms in total. The van der Waals surface area contributed by atoms with Gasteiger partial charge in [0.2, 0.25) is 0 Å². The Morgan fingerprint density at radius 3 is 2.41 bits per heavy atom. The highest BCUT2D eigenvalue weighted by Crippen LogP contribution is 2.36. The fourth-order valence-electron chi connectivity index (χ4n) is 5.49. The Bertz CT molecular complexity index is 1750. The molecular formula is C32H33N5O6S. The Morgan fingerprint density at radius 2 is 1.70 bits per heavy atom. The SMILES string of the molecule is Cc1ccc(S(=O)(=O)CNC(=O)Nc2ccc(-c3cc4c(c(N5CCOCC5)c3)CCN(C(=O)c3cocn3)C4)cc2)cc1. The van der Waals surface area contributed by atoms with Crippen LogP contribution in [-0.2, 0) is 27.5 Å². The largest absolute Gasteiger partial charge is 0.451 e. The second-order valence-corrected chi connectivity index (χ2v) is 12.9. The van der Waals surface area contributed by atoms with Crippen LogP contribution in [0.1, 0.15) is 27.2 Å². The molecule has 0 aliphatic carbocycles. The molecule has 0 radical (unpaired) electrons. The van der Waals surface area contributed by atoms with Crippen molar-refractivity contribution in [1.29, 1.82) is 0 Å². The van der Waals surface area contributed by atoms with E-state index in [0.29, 0.717) is 32.0 Å². The lowest BCUT2D eigenvalue weighted by molar-refractivity contribution is 0.0728. The van der Waals surface area contributed by atoms with Crippen molar-refractivity contribution >= 4 is 33.2 Å². The quantitative estimate of drug-likeness (QED) is 0.316. The molecule has 44 heavy (non-hydrogen) atoms. The number of sulfone groups is 1. The zero-order chi connectivity index (χ0) is 30.7. The molecule has 0 unspecified atom stereocenters. The lowest BCUT2D eigenvalue weighted by Gasteiger charge is -2.35. The minimum atomic E-state index is -3.67. The molecule has 4 aromatic rings. The van der Waals surface area contributed by atoms with Crippen LogP contribution in [-0.4, -0.2) is 69.0 Å². The number of ether oxygens (including phenoxy) is 1. The number of nitrogens with zero attached hydrogens (tertiary/aromatic N) is 3. The number of carbonyl (C=O) groups is 2. The maximum atomic E-state index is 13.0. The molecule has 2 N–H and O–H groups in total. The molecule has 3 heterocycles. The Kier molecular flexibility index (Phi) is 8.36. The molecule has 0 saturated carbocycles. The molecule has 6 rings (SSSR count). The van der Waals surface area contributed by atoms with E-state index in [-0.39, 0.29) is 16.5 Å². The number of aryl methyl sites for hydroxylation is 1. The first kappa shape index (κ1) is 29.4. The number of morpholine rings is 1. The number of carbonyl (C=O) groups excluding carboxylic acids is 2. The van der Waals surface area contributed by atoms with Gasteiger partial charge in [0, 0.05) is 37.6 Å². The Balaban J connectivity index is 1.18. The minimum absolute atomic E-state index is 0.153. The molecule has 2 aliphatic rings. The highest BCUT2D eigenvalue weighted by atomic mass is 32.2. The number of urea groups is 1. The molecule has 0 bridgehead atoms. The first-order chi connectivity index (χ1) is 21.3. The van der Waals surface area contributed by atoms with Gasteiger partial charge in [0.25, 0.3) is 5.91 Å². The zero-order valence-electron chi connectivity index (χ0n) is 24.3. The average molecular weight is 616 g/mol. The summed E-state index contributed by atoms with van der Waals surface area (Å²) >= 11 is 0. The number of nitrogens with one attached hydrogen (secondary N) is 2. The van der Waals surface area contributed by atoms with Crippen LogP contribution in [0.2, 0.25) is 0 Å². The maximum Gasteiger partial charge on any atom is 0.320 e. The van der Waals surface area contributed by atoms with Crippen molar-refractivity contribution in [1.82, 2.24) is 15.2 Å². The van der Waals surface area contributed by atoms with Crippen LogP contribution >= 0.6 is 0 Å². The second kappa shape index (κ2) is 12.5. The van der Waals surface area contributed by atoms with Crippen molar-refractivity contribution < 1.29 is 27.2 Å². The Hall–Kier alpha value is -4.68. The number of benzene rings is 3. The van der Waals surface area contributed by atoms with Gasteiger partial charge in [-0.1, -0.05) is 29.8 Å². The third kappa shape index (κ3) is 6.46. The van der Waals surface area contributed by atoms with E-state index in [0.717, 1.165) is 47.5 Å². The number of fused-ring (bicyclic) bond motifs is 1. The van der Waals surface area contributed by atoms with Crippen LogP contribution in [0.5, 0.6) is 0 Å².